The molecule has 0 N–H and O–H groups in total. The Bertz CT molecular complexity index is 495. The molecule has 2 nitrogen and oxygen atoms in total. The molecule has 0 heterocycles. The molecule has 0 aromatic heterocycles. The zero-order chi connectivity index (χ0) is 14.2. The molecular weight excluding hydrogens is 248 g/mol. The van der Waals surface area contributed by atoms with Crippen molar-refractivity contribution in [3.05, 3.63) is 77.4 Å². The summed E-state index contributed by atoms with van der Waals surface area (Å²) < 4.78 is 10.7. The van der Waals surface area contributed by atoms with Crippen LogP contribution >= 0.6 is 0 Å². The molecule has 0 radical (unpaired) electrons. The highest BCUT2D eigenvalue weighted by molar-refractivity contribution is 5.82. The number of ether oxygens (including phenoxy) is 2. The summed E-state index contributed by atoms with van der Waals surface area (Å²) in [6.45, 7) is 1.12. The molecule has 2 rings (SSSR count). The molecule has 0 aliphatic rings. The third-order valence-corrected chi connectivity index (χ3v) is 3.12. The molecule has 0 bridgehead atoms. The van der Waals surface area contributed by atoms with E-state index in [2.05, 4.69) is 48.5 Å². The van der Waals surface area contributed by atoms with Crippen LogP contribution in [0.25, 0.3) is 5.57 Å². The van der Waals surface area contributed by atoms with Crippen LogP contribution in [0.5, 0.6) is 0 Å². The first-order valence-corrected chi connectivity index (χ1v) is 6.67. The number of methoxy groups -OCH3 is 2. The van der Waals surface area contributed by atoms with Crippen LogP contribution in [0.1, 0.15) is 11.1 Å². The van der Waals surface area contributed by atoms with Crippen LogP contribution in [-0.4, -0.2) is 27.4 Å². The highest BCUT2D eigenvalue weighted by Crippen LogP contribution is 2.27. The second-order valence-corrected chi connectivity index (χ2v) is 4.58. The van der Waals surface area contributed by atoms with Crippen molar-refractivity contribution < 1.29 is 9.47 Å². The lowest BCUT2D eigenvalue weighted by atomic mass is 9.93. The summed E-state index contributed by atoms with van der Waals surface area (Å²) in [5, 5.41) is 0. The van der Waals surface area contributed by atoms with Crippen molar-refractivity contribution in [1.29, 1.82) is 0 Å². The maximum atomic E-state index is 5.34. The van der Waals surface area contributed by atoms with Gasteiger partial charge in [0.05, 0.1) is 13.2 Å². The van der Waals surface area contributed by atoms with Gasteiger partial charge in [0.15, 0.2) is 0 Å². The topological polar surface area (TPSA) is 18.5 Å². The molecule has 104 valence electrons. The van der Waals surface area contributed by atoms with E-state index in [9.17, 15) is 0 Å². The maximum Gasteiger partial charge on any atom is 0.0704 e. The molecule has 2 heteroatoms. The highest BCUT2D eigenvalue weighted by Gasteiger charge is 2.11. The largest absolute Gasteiger partial charge is 0.380 e. The van der Waals surface area contributed by atoms with Gasteiger partial charge in [0.2, 0.25) is 0 Å². The molecule has 2 aromatic rings. The van der Waals surface area contributed by atoms with Gasteiger partial charge in [0.25, 0.3) is 0 Å². The minimum Gasteiger partial charge on any atom is -0.380 e. The molecule has 0 amide bonds. The summed E-state index contributed by atoms with van der Waals surface area (Å²) in [7, 11) is 3.42. The lowest BCUT2D eigenvalue weighted by molar-refractivity contribution is 0.182. The van der Waals surface area contributed by atoms with Gasteiger partial charge in [-0.15, -0.1) is 0 Å². The summed E-state index contributed by atoms with van der Waals surface area (Å²) in [5.74, 6) is 0. The Morgan fingerprint density at radius 2 is 1.10 bits per heavy atom. The highest BCUT2D eigenvalue weighted by atomic mass is 16.5. The van der Waals surface area contributed by atoms with E-state index >= 15 is 0 Å². The van der Waals surface area contributed by atoms with Crippen LogP contribution in [0.4, 0.5) is 0 Å². The van der Waals surface area contributed by atoms with E-state index < -0.39 is 0 Å². The fourth-order valence-corrected chi connectivity index (χ4v) is 2.32. The Kier molecular flexibility index (Phi) is 5.54. The van der Waals surface area contributed by atoms with Gasteiger partial charge >= 0.3 is 0 Å². The Hall–Kier alpha value is -1.90. The van der Waals surface area contributed by atoms with Crippen molar-refractivity contribution in [1.82, 2.24) is 0 Å². The monoisotopic (exact) mass is 268 g/mol. The standard InChI is InChI=1S/C18H20O2/c1-19-13-17(14-20-2)18(15-9-5-3-6-10-15)16-11-7-4-8-12-16/h3-12H,13-14H2,1-2H3. The van der Waals surface area contributed by atoms with Crippen LogP contribution in [0.15, 0.2) is 66.2 Å². The lowest BCUT2D eigenvalue weighted by Crippen LogP contribution is -2.06. The molecule has 0 aliphatic heterocycles. The zero-order valence-electron chi connectivity index (χ0n) is 12.0. The average molecular weight is 268 g/mol. The van der Waals surface area contributed by atoms with Gasteiger partial charge in [0.1, 0.15) is 0 Å². The van der Waals surface area contributed by atoms with E-state index in [1.54, 1.807) is 14.2 Å². The first-order valence-electron chi connectivity index (χ1n) is 6.67. The van der Waals surface area contributed by atoms with Gasteiger partial charge in [-0.25, -0.2) is 0 Å². The molecular formula is C18H20O2. The molecule has 0 unspecified atom stereocenters. The molecule has 0 spiro atoms. The van der Waals surface area contributed by atoms with Crippen molar-refractivity contribution in [2.75, 3.05) is 27.4 Å². The van der Waals surface area contributed by atoms with Gasteiger partial charge in [-0.1, -0.05) is 60.7 Å². The van der Waals surface area contributed by atoms with E-state index in [0.29, 0.717) is 13.2 Å². The van der Waals surface area contributed by atoms with Crippen LogP contribution in [0, 0.1) is 0 Å². The maximum absolute atomic E-state index is 5.34. The average Bonchev–Trinajstić information content (AvgIpc) is 2.50. The number of benzene rings is 2. The fourth-order valence-electron chi connectivity index (χ4n) is 2.32. The van der Waals surface area contributed by atoms with E-state index in [1.807, 2.05) is 12.1 Å². The minimum atomic E-state index is 0.562. The summed E-state index contributed by atoms with van der Waals surface area (Å²) in [6, 6.07) is 20.7. The number of hydrogen-bond donors (Lipinski definition) is 0. The quantitative estimate of drug-likeness (QED) is 0.793. The molecule has 0 aliphatic carbocycles. The zero-order valence-corrected chi connectivity index (χ0v) is 12.0. The van der Waals surface area contributed by atoms with E-state index in [-0.39, 0.29) is 0 Å². The molecule has 20 heavy (non-hydrogen) atoms. The lowest BCUT2D eigenvalue weighted by Gasteiger charge is -2.15. The molecule has 0 fully saturated rings. The third kappa shape index (κ3) is 3.56. The van der Waals surface area contributed by atoms with Gasteiger partial charge in [0, 0.05) is 14.2 Å². The second-order valence-electron chi connectivity index (χ2n) is 4.58. The van der Waals surface area contributed by atoms with Crippen LogP contribution in [0.2, 0.25) is 0 Å². The van der Waals surface area contributed by atoms with Crippen molar-refractivity contribution in [2.45, 2.75) is 0 Å². The predicted octanol–water partition coefficient (Wildman–Crippen LogP) is 3.78. The van der Waals surface area contributed by atoms with E-state index in [4.69, 9.17) is 9.47 Å². The Labute approximate surface area is 120 Å². The van der Waals surface area contributed by atoms with Crippen molar-refractivity contribution in [3.8, 4) is 0 Å². The van der Waals surface area contributed by atoms with Gasteiger partial charge in [-0.3, -0.25) is 0 Å². The summed E-state index contributed by atoms with van der Waals surface area (Å²) >= 11 is 0. The second kappa shape index (κ2) is 7.63. The summed E-state index contributed by atoms with van der Waals surface area (Å²) in [6.07, 6.45) is 0. The fraction of sp³-hybridized carbons (Fsp3) is 0.222. The van der Waals surface area contributed by atoms with Gasteiger partial charge < -0.3 is 9.47 Å². The van der Waals surface area contributed by atoms with Crippen molar-refractivity contribution in [3.63, 3.8) is 0 Å². The Morgan fingerprint density at radius 1 is 0.700 bits per heavy atom. The molecule has 0 saturated heterocycles. The number of rotatable bonds is 6. The SMILES string of the molecule is COCC(COC)=C(c1ccccc1)c1ccccc1. The van der Waals surface area contributed by atoms with Crippen LogP contribution in [-0.2, 0) is 9.47 Å². The van der Waals surface area contributed by atoms with E-state index in [1.165, 1.54) is 16.7 Å². The summed E-state index contributed by atoms with van der Waals surface area (Å²) in [4.78, 5) is 0. The third-order valence-electron chi connectivity index (χ3n) is 3.12. The first kappa shape index (κ1) is 14.5. The van der Waals surface area contributed by atoms with Crippen molar-refractivity contribution >= 4 is 5.57 Å². The van der Waals surface area contributed by atoms with Gasteiger partial charge in [-0.05, 0) is 22.3 Å². The van der Waals surface area contributed by atoms with E-state index in [0.717, 1.165) is 5.57 Å². The molecule has 0 saturated carbocycles. The predicted molar refractivity (Wildman–Crippen MR) is 82.7 cm³/mol. The Morgan fingerprint density at radius 3 is 1.45 bits per heavy atom. The van der Waals surface area contributed by atoms with Crippen LogP contribution in [0.3, 0.4) is 0 Å². The van der Waals surface area contributed by atoms with Crippen LogP contribution < -0.4 is 0 Å². The normalized spacial score (nSPS) is 10.3. The molecule has 2 aromatic carbocycles. The van der Waals surface area contributed by atoms with Gasteiger partial charge in [-0.2, -0.15) is 0 Å². The van der Waals surface area contributed by atoms with Crippen molar-refractivity contribution in [2.24, 2.45) is 0 Å². The molecule has 0 atom stereocenters. The summed E-state index contributed by atoms with van der Waals surface area (Å²) in [5.41, 5.74) is 4.70. The smallest absolute Gasteiger partial charge is 0.0704 e. The Balaban J connectivity index is 2.56. The number of hydrogen-bond acceptors (Lipinski definition) is 2. The minimum absolute atomic E-state index is 0.562. The first-order chi connectivity index (χ1) is 9.86.